The summed E-state index contributed by atoms with van der Waals surface area (Å²) in [7, 11) is 0. The molecule has 0 atom stereocenters. The van der Waals surface area contributed by atoms with Gasteiger partial charge in [-0.3, -0.25) is 4.79 Å². The molecule has 0 unspecified atom stereocenters. The van der Waals surface area contributed by atoms with E-state index in [1.165, 1.54) is 0 Å². The van der Waals surface area contributed by atoms with E-state index in [0.717, 1.165) is 34.2 Å². The number of hydrogen-bond donors (Lipinski definition) is 1. The zero-order chi connectivity index (χ0) is 19.3. The number of para-hydroxylation sites is 4. The van der Waals surface area contributed by atoms with Gasteiger partial charge in [0.25, 0.3) is 0 Å². The van der Waals surface area contributed by atoms with E-state index >= 15 is 0 Å². The van der Waals surface area contributed by atoms with Crippen molar-refractivity contribution in [2.45, 2.75) is 12.8 Å². The summed E-state index contributed by atoms with van der Waals surface area (Å²) in [6.45, 7) is 1.19. The molecule has 28 heavy (non-hydrogen) atoms. The molecule has 3 aromatic rings. The summed E-state index contributed by atoms with van der Waals surface area (Å²) in [5.74, 6) is 1.66. The average molecular weight is 375 g/mol. The zero-order valence-corrected chi connectivity index (χ0v) is 15.4. The lowest BCUT2D eigenvalue weighted by Gasteiger charge is -2.32. The first kappa shape index (κ1) is 17.9. The minimum absolute atomic E-state index is 0.135. The van der Waals surface area contributed by atoms with Gasteiger partial charge in [0.1, 0.15) is 12.4 Å². The van der Waals surface area contributed by atoms with Gasteiger partial charge in [-0.05, 0) is 48.4 Å². The number of carboxylic acid groups (broad SMARTS) is 1. The van der Waals surface area contributed by atoms with Crippen LogP contribution in [0, 0.1) is 0 Å². The molecule has 0 saturated carbocycles. The predicted molar refractivity (Wildman–Crippen MR) is 108 cm³/mol. The molecular weight excluding hydrogens is 354 g/mol. The van der Waals surface area contributed by atoms with E-state index < -0.39 is 5.97 Å². The van der Waals surface area contributed by atoms with Gasteiger partial charge in [-0.1, -0.05) is 36.4 Å². The number of benzene rings is 3. The van der Waals surface area contributed by atoms with E-state index in [0.29, 0.717) is 19.6 Å². The molecule has 5 heteroatoms. The topological polar surface area (TPSA) is 59.0 Å². The second-order valence-electron chi connectivity index (χ2n) is 6.58. The van der Waals surface area contributed by atoms with Crippen molar-refractivity contribution in [1.29, 1.82) is 0 Å². The van der Waals surface area contributed by atoms with Gasteiger partial charge in [-0.25, -0.2) is 0 Å². The molecule has 0 aliphatic carbocycles. The SMILES string of the molecule is O=C(O)CCc1ccc(OCCN2c3ccccc3Oc3ccccc32)cc1. The number of rotatable bonds is 7. The molecule has 0 saturated heterocycles. The maximum absolute atomic E-state index is 10.7. The fraction of sp³-hybridized carbons (Fsp3) is 0.174. The lowest BCUT2D eigenvalue weighted by molar-refractivity contribution is -0.136. The van der Waals surface area contributed by atoms with E-state index in [2.05, 4.69) is 4.90 Å². The summed E-state index contributed by atoms with van der Waals surface area (Å²) in [5, 5.41) is 8.77. The Hall–Kier alpha value is -3.47. The molecule has 0 bridgehead atoms. The molecule has 0 aromatic heterocycles. The Morgan fingerprint density at radius 1 is 0.893 bits per heavy atom. The van der Waals surface area contributed by atoms with Gasteiger partial charge in [0, 0.05) is 6.42 Å². The molecule has 1 N–H and O–H groups in total. The highest BCUT2D eigenvalue weighted by molar-refractivity contribution is 5.77. The molecule has 3 aromatic carbocycles. The first-order valence-corrected chi connectivity index (χ1v) is 9.28. The first-order chi connectivity index (χ1) is 13.7. The van der Waals surface area contributed by atoms with Crippen molar-refractivity contribution in [3.05, 3.63) is 78.4 Å². The lowest BCUT2D eigenvalue weighted by atomic mass is 10.1. The molecule has 0 amide bonds. The van der Waals surface area contributed by atoms with Crippen molar-refractivity contribution < 1.29 is 19.4 Å². The number of aryl methyl sites for hydroxylation is 1. The number of aliphatic carboxylic acids is 1. The molecule has 0 fully saturated rings. The van der Waals surface area contributed by atoms with Gasteiger partial charge in [-0.15, -0.1) is 0 Å². The van der Waals surface area contributed by atoms with E-state index in [4.69, 9.17) is 14.6 Å². The number of nitrogens with zero attached hydrogens (tertiary/aromatic N) is 1. The number of anilines is 2. The van der Waals surface area contributed by atoms with Crippen LogP contribution in [0.3, 0.4) is 0 Å². The third-order valence-electron chi connectivity index (χ3n) is 4.67. The van der Waals surface area contributed by atoms with Gasteiger partial charge in [0.05, 0.1) is 17.9 Å². The van der Waals surface area contributed by atoms with Crippen LogP contribution in [-0.2, 0) is 11.2 Å². The highest BCUT2D eigenvalue weighted by Crippen LogP contribution is 2.45. The number of carbonyl (C=O) groups is 1. The molecule has 0 radical (unpaired) electrons. The van der Waals surface area contributed by atoms with Crippen molar-refractivity contribution in [2.24, 2.45) is 0 Å². The quantitative estimate of drug-likeness (QED) is 0.628. The van der Waals surface area contributed by atoms with Crippen LogP contribution >= 0.6 is 0 Å². The molecule has 1 aliphatic heterocycles. The number of fused-ring (bicyclic) bond motifs is 2. The number of hydrogen-bond acceptors (Lipinski definition) is 4. The van der Waals surface area contributed by atoms with E-state index in [-0.39, 0.29) is 6.42 Å². The second kappa shape index (κ2) is 8.05. The highest BCUT2D eigenvalue weighted by Gasteiger charge is 2.23. The Balaban J connectivity index is 1.42. The van der Waals surface area contributed by atoms with Crippen molar-refractivity contribution in [2.75, 3.05) is 18.1 Å². The molecule has 1 heterocycles. The molecule has 142 valence electrons. The maximum atomic E-state index is 10.7. The Morgan fingerprint density at radius 3 is 2.11 bits per heavy atom. The maximum Gasteiger partial charge on any atom is 0.303 e. The molecule has 0 spiro atoms. The lowest BCUT2D eigenvalue weighted by Crippen LogP contribution is -2.26. The van der Waals surface area contributed by atoms with Crippen LogP contribution in [-0.4, -0.2) is 24.2 Å². The van der Waals surface area contributed by atoms with Gasteiger partial charge in [0.15, 0.2) is 11.5 Å². The van der Waals surface area contributed by atoms with Crippen LogP contribution in [0.5, 0.6) is 17.2 Å². The van der Waals surface area contributed by atoms with Crippen LogP contribution in [0.4, 0.5) is 11.4 Å². The van der Waals surface area contributed by atoms with Gasteiger partial charge < -0.3 is 19.5 Å². The second-order valence-corrected chi connectivity index (χ2v) is 6.58. The fourth-order valence-corrected chi connectivity index (χ4v) is 3.28. The van der Waals surface area contributed by atoms with Crippen molar-refractivity contribution in [3.63, 3.8) is 0 Å². The molecule has 5 nitrogen and oxygen atoms in total. The summed E-state index contributed by atoms with van der Waals surface area (Å²) < 4.78 is 11.9. The van der Waals surface area contributed by atoms with E-state index in [9.17, 15) is 4.79 Å². The van der Waals surface area contributed by atoms with Gasteiger partial charge >= 0.3 is 5.97 Å². The van der Waals surface area contributed by atoms with Crippen molar-refractivity contribution in [3.8, 4) is 17.2 Å². The Bertz CT molecular complexity index is 923. The molecule has 4 rings (SSSR count). The average Bonchev–Trinajstić information content (AvgIpc) is 2.72. The fourth-order valence-electron chi connectivity index (χ4n) is 3.28. The normalized spacial score (nSPS) is 11.9. The summed E-state index contributed by atoms with van der Waals surface area (Å²) >= 11 is 0. The highest BCUT2D eigenvalue weighted by atomic mass is 16.5. The summed E-state index contributed by atoms with van der Waals surface area (Å²) in [5.41, 5.74) is 3.04. The Morgan fingerprint density at radius 2 is 1.50 bits per heavy atom. The third-order valence-corrected chi connectivity index (χ3v) is 4.67. The van der Waals surface area contributed by atoms with E-state index in [1.54, 1.807) is 0 Å². The van der Waals surface area contributed by atoms with E-state index in [1.807, 2.05) is 72.8 Å². The van der Waals surface area contributed by atoms with Crippen LogP contribution in [0.1, 0.15) is 12.0 Å². The molecular formula is C23H21NO4. The minimum atomic E-state index is -0.786. The smallest absolute Gasteiger partial charge is 0.303 e. The summed E-state index contributed by atoms with van der Waals surface area (Å²) in [4.78, 5) is 12.9. The Kier molecular flexibility index (Phi) is 5.15. The Labute approximate surface area is 163 Å². The number of carboxylic acids is 1. The van der Waals surface area contributed by atoms with Gasteiger partial charge in [-0.2, -0.15) is 0 Å². The largest absolute Gasteiger partial charge is 0.492 e. The van der Waals surface area contributed by atoms with Crippen LogP contribution in [0.15, 0.2) is 72.8 Å². The zero-order valence-electron chi connectivity index (χ0n) is 15.4. The number of ether oxygens (including phenoxy) is 2. The summed E-state index contributed by atoms with van der Waals surface area (Å²) in [6, 6.07) is 23.6. The summed E-state index contributed by atoms with van der Waals surface area (Å²) in [6.07, 6.45) is 0.660. The third kappa shape index (κ3) is 3.93. The standard InChI is InChI=1S/C23H21NO4/c25-23(26)14-11-17-9-12-18(13-10-17)27-16-15-24-19-5-1-3-7-21(19)28-22-8-4-2-6-20(22)24/h1-10,12-13H,11,14-16H2,(H,25,26). The monoisotopic (exact) mass is 375 g/mol. The van der Waals surface area contributed by atoms with Gasteiger partial charge in [0.2, 0.25) is 0 Å². The van der Waals surface area contributed by atoms with Crippen LogP contribution in [0.2, 0.25) is 0 Å². The van der Waals surface area contributed by atoms with Crippen LogP contribution < -0.4 is 14.4 Å². The van der Waals surface area contributed by atoms with Crippen molar-refractivity contribution in [1.82, 2.24) is 0 Å². The minimum Gasteiger partial charge on any atom is -0.492 e. The molecule has 1 aliphatic rings. The predicted octanol–water partition coefficient (Wildman–Crippen LogP) is 5.03. The van der Waals surface area contributed by atoms with Crippen molar-refractivity contribution >= 4 is 17.3 Å². The first-order valence-electron chi connectivity index (χ1n) is 9.28. The van der Waals surface area contributed by atoms with Crippen LogP contribution in [0.25, 0.3) is 0 Å².